The smallest absolute Gasteiger partial charge is 0.126 e. The van der Waals surface area contributed by atoms with Gasteiger partial charge in [0.15, 0.2) is 0 Å². The van der Waals surface area contributed by atoms with Crippen molar-refractivity contribution < 1.29 is 24.2 Å². The largest absolute Gasteiger partial charge is 0.497 e. The Labute approximate surface area is 150 Å². The molecule has 3 rings (SSSR count). The highest BCUT2D eigenvalue weighted by Crippen LogP contribution is 2.19. The van der Waals surface area contributed by atoms with Gasteiger partial charge in [-0.3, -0.25) is 0 Å². The number of piperazine rings is 1. The van der Waals surface area contributed by atoms with Crippen LogP contribution in [0.3, 0.4) is 0 Å². The minimum atomic E-state index is -0.399. The van der Waals surface area contributed by atoms with E-state index in [2.05, 4.69) is 17.0 Å². The van der Waals surface area contributed by atoms with Crippen LogP contribution in [0.5, 0.6) is 5.75 Å². The number of rotatable bonds is 8. The molecular weight excluding hydrogens is 320 g/mol. The number of aliphatic hydroxyl groups excluding tert-OH is 1. The highest BCUT2D eigenvalue weighted by molar-refractivity contribution is 5.49. The summed E-state index contributed by atoms with van der Waals surface area (Å²) in [4.78, 5) is 3.83. The highest BCUT2D eigenvalue weighted by Gasteiger charge is 2.23. The maximum atomic E-state index is 10.2. The second-order valence-electron chi connectivity index (χ2n) is 6.97. The fourth-order valence-corrected chi connectivity index (χ4v) is 3.58. The van der Waals surface area contributed by atoms with E-state index in [1.54, 1.807) is 7.11 Å². The van der Waals surface area contributed by atoms with Gasteiger partial charge in [0.2, 0.25) is 0 Å². The van der Waals surface area contributed by atoms with Crippen molar-refractivity contribution in [3.05, 3.63) is 24.3 Å². The third kappa shape index (κ3) is 5.57. The van der Waals surface area contributed by atoms with Crippen LogP contribution in [0.1, 0.15) is 12.8 Å². The monoisotopic (exact) mass is 351 g/mol. The van der Waals surface area contributed by atoms with Gasteiger partial charge in [0.1, 0.15) is 18.4 Å². The van der Waals surface area contributed by atoms with Gasteiger partial charge in [0, 0.05) is 12.3 Å². The molecule has 25 heavy (non-hydrogen) atoms. The molecule has 2 atom stereocenters. The molecule has 2 saturated heterocycles. The summed E-state index contributed by atoms with van der Waals surface area (Å²) >= 11 is 0. The van der Waals surface area contributed by atoms with Crippen molar-refractivity contribution in [2.45, 2.75) is 25.0 Å². The van der Waals surface area contributed by atoms with Gasteiger partial charge in [0.05, 0.1) is 52.6 Å². The Morgan fingerprint density at radius 1 is 1.28 bits per heavy atom. The second-order valence-corrected chi connectivity index (χ2v) is 6.97. The van der Waals surface area contributed by atoms with E-state index in [1.165, 1.54) is 10.6 Å². The normalized spacial score (nSPS) is 23.0. The minimum absolute atomic E-state index is 0.229. The number of nitrogens with one attached hydrogen (secondary N) is 1. The first-order valence-electron chi connectivity index (χ1n) is 9.34. The first-order chi connectivity index (χ1) is 12.2. The summed E-state index contributed by atoms with van der Waals surface area (Å²) in [6, 6.07) is 8.22. The summed E-state index contributed by atoms with van der Waals surface area (Å²) in [7, 11) is 1.69. The molecule has 2 heterocycles. The van der Waals surface area contributed by atoms with Crippen molar-refractivity contribution in [2.75, 3.05) is 64.6 Å². The maximum absolute atomic E-state index is 10.2. The van der Waals surface area contributed by atoms with E-state index >= 15 is 0 Å². The third-order valence-corrected chi connectivity index (χ3v) is 5.07. The van der Waals surface area contributed by atoms with Gasteiger partial charge in [-0.05, 0) is 37.1 Å². The molecule has 140 valence electrons. The molecular formula is C19H31N2O4+. The molecule has 1 aromatic rings. The molecule has 0 amide bonds. The van der Waals surface area contributed by atoms with Gasteiger partial charge in [-0.2, -0.15) is 0 Å². The number of methoxy groups -OCH3 is 1. The topological polar surface area (TPSA) is 55.6 Å². The van der Waals surface area contributed by atoms with Gasteiger partial charge in [-0.1, -0.05) is 0 Å². The van der Waals surface area contributed by atoms with Crippen molar-refractivity contribution in [2.24, 2.45) is 0 Å². The van der Waals surface area contributed by atoms with Gasteiger partial charge in [-0.25, -0.2) is 0 Å². The van der Waals surface area contributed by atoms with Gasteiger partial charge in [0.25, 0.3) is 0 Å². The fraction of sp³-hybridized carbons (Fsp3) is 0.684. The number of hydrogen-bond acceptors (Lipinski definition) is 5. The van der Waals surface area contributed by atoms with Gasteiger partial charge < -0.3 is 29.1 Å². The summed E-state index contributed by atoms with van der Waals surface area (Å²) < 4.78 is 16.4. The molecule has 2 fully saturated rings. The van der Waals surface area contributed by atoms with Crippen molar-refractivity contribution in [1.29, 1.82) is 0 Å². The Morgan fingerprint density at radius 3 is 2.68 bits per heavy atom. The number of hydrogen-bond donors (Lipinski definition) is 2. The van der Waals surface area contributed by atoms with E-state index in [9.17, 15) is 5.11 Å². The molecule has 6 heteroatoms. The molecule has 0 saturated carbocycles. The molecule has 2 N–H and O–H groups in total. The van der Waals surface area contributed by atoms with Crippen LogP contribution >= 0.6 is 0 Å². The molecule has 2 aliphatic heterocycles. The molecule has 0 unspecified atom stereocenters. The summed E-state index contributed by atoms with van der Waals surface area (Å²) in [5.74, 6) is 0.888. The summed E-state index contributed by atoms with van der Waals surface area (Å²) in [6.45, 7) is 6.70. The SMILES string of the molecule is COc1ccc(N2CC[NH+](C[C@@H](O)COC[C@H]3CCCO3)CC2)cc1. The van der Waals surface area contributed by atoms with E-state index in [1.807, 2.05) is 12.1 Å². The van der Waals surface area contributed by atoms with Gasteiger partial charge in [-0.15, -0.1) is 0 Å². The molecule has 0 spiro atoms. The average Bonchev–Trinajstić information content (AvgIpc) is 3.16. The zero-order chi connectivity index (χ0) is 17.5. The predicted molar refractivity (Wildman–Crippen MR) is 96.6 cm³/mol. The summed E-state index contributed by atoms with van der Waals surface area (Å²) in [6.07, 6.45) is 2.03. The second kappa shape index (κ2) is 9.38. The van der Waals surface area contributed by atoms with Crippen LogP contribution in [0.15, 0.2) is 24.3 Å². The van der Waals surface area contributed by atoms with Crippen molar-refractivity contribution in [1.82, 2.24) is 0 Å². The van der Waals surface area contributed by atoms with Crippen LogP contribution in [0.25, 0.3) is 0 Å². The average molecular weight is 351 g/mol. The van der Waals surface area contributed by atoms with E-state index in [0.717, 1.165) is 57.9 Å². The number of nitrogens with zero attached hydrogens (tertiary/aromatic N) is 1. The molecule has 0 aromatic heterocycles. The van der Waals surface area contributed by atoms with Crippen LogP contribution in [-0.4, -0.2) is 77.0 Å². The van der Waals surface area contributed by atoms with E-state index in [-0.39, 0.29) is 6.10 Å². The van der Waals surface area contributed by atoms with Crippen LogP contribution in [0, 0.1) is 0 Å². The molecule has 0 radical (unpaired) electrons. The number of aliphatic hydroxyl groups is 1. The number of anilines is 1. The van der Waals surface area contributed by atoms with Crippen LogP contribution < -0.4 is 14.5 Å². The first kappa shape index (κ1) is 18.5. The van der Waals surface area contributed by atoms with E-state index < -0.39 is 6.10 Å². The summed E-state index contributed by atoms with van der Waals surface area (Å²) in [5, 5.41) is 10.2. The molecule has 2 aliphatic rings. The maximum Gasteiger partial charge on any atom is 0.126 e. The summed E-state index contributed by atoms with van der Waals surface area (Å²) in [5.41, 5.74) is 1.24. The van der Waals surface area contributed by atoms with Crippen LogP contribution in [0.4, 0.5) is 5.69 Å². The quantitative estimate of drug-likeness (QED) is 0.688. The zero-order valence-electron chi connectivity index (χ0n) is 15.2. The lowest BCUT2D eigenvalue weighted by Gasteiger charge is -2.34. The lowest BCUT2D eigenvalue weighted by atomic mass is 10.2. The lowest BCUT2D eigenvalue weighted by Crippen LogP contribution is -3.16. The third-order valence-electron chi connectivity index (χ3n) is 5.07. The Morgan fingerprint density at radius 2 is 2.04 bits per heavy atom. The molecule has 0 aliphatic carbocycles. The van der Waals surface area contributed by atoms with Gasteiger partial charge >= 0.3 is 0 Å². The Bertz CT molecular complexity index is 497. The van der Waals surface area contributed by atoms with Crippen molar-refractivity contribution >= 4 is 5.69 Å². The fourth-order valence-electron chi connectivity index (χ4n) is 3.58. The van der Waals surface area contributed by atoms with Crippen LogP contribution in [0.2, 0.25) is 0 Å². The Kier molecular flexibility index (Phi) is 6.93. The number of quaternary nitrogens is 1. The Hall–Kier alpha value is -1.34. The first-order valence-corrected chi connectivity index (χ1v) is 9.34. The lowest BCUT2D eigenvalue weighted by molar-refractivity contribution is -0.903. The van der Waals surface area contributed by atoms with Crippen molar-refractivity contribution in [3.63, 3.8) is 0 Å². The standard InChI is InChI=1S/C19H30N2O4/c1-23-18-6-4-16(5-7-18)21-10-8-20(9-11-21)13-17(22)14-24-15-19-3-2-12-25-19/h4-7,17,19,22H,2-3,8-15H2,1H3/p+1/t17-,19-/m1/s1. The predicted octanol–water partition coefficient (Wildman–Crippen LogP) is -0.0434. The van der Waals surface area contributed by atoms with Crippen molar-refractivity contribution in [3.8, 4) is 5.75 Å². The number of benzene rings is 1. The van der Waals surface area contributed by atoms with E-state index in [4.69, 9.17) is 14.2 Å². The molecule has 6 nitrogen and oxygen atoms in total. The zero-order valence-corrected chi connectivity index (χ0v) is 15.2. The van der Waals surface area contributed by atoms with E-state index in [0.29, 0.717) is 13.2 Å². The van der Waals surface area contributed by atoms with Crippen LogP contribution in [-0.2, 0) is 9.47 Å². The Balaban J connectivity index is 1.33. The molecule has 1 aromatic carbocycles. The number of ether oxygens (including phenoxy) is 3. The minimum Gasteiger partial charge on any atom is -0.497 e. The molecule has 0 bridgehead atoms. The highest BCUT2D eigenvalue weighted by atomic mass is 16.5.